The van der Waals surface area contributed by atoms with Gasteiger partial charge in [0.2, 0.25) is 0 Å². The molecule has 3 heterocycles. The number of hydrogen-bond acceptors (Lipinski definition) is 3. The van der Waals surface area contributed by atoms with Crippen LogP contribution in [0.1, 0.15) is 10.5 Å². The van der Waals surface area contributed by atoms with Gasteiger partial charge in [0.1, 0.15) is 5.82 Å². The number of rotatable bonds is 6. The monoisotopic (exact) mass is 373 g/mol. The zero-order valence-electron chi connectivity index (χ0n) is 16.0. The number of amides is 1. The van der Waals surface area contributed by atoms with E-state index in [2.05, 4.69) is 45.3 Å². The quantitative estimate of drug-likeness (QED) is 0.565. The first-order valence-electron chi connectivity index (χ1n) is 9.27. The van der Waals surface area contributed by atoms with Crippen molar-refractivity contribution in [1.29, 1.82) is 0 Å². The Bertz CT molecular complexity index is 1090. The zero-order chi connectivity index (χ0) is 19.5. The number of nitrogens with one attached hydrogen (secondary N) is 1. The number of hydrogen-bond donors (Lipinski definition) is 1. The highest BCUT2D eigenvalue weighted by molar-refractivity contribution is 5.92. The molecule has 1 N–H and O–H groups in total. The Morgan fingerprint density at radius 2 is 1.79 bits per heavy atom. The second-order valence-electron chi connectivity index (χ2n) is 6.97. The van der Waals surface area contributed by atoms with Crippen LogP contribution < -0.4 is 5.32 Å². The normalized spacial score (nSPS) is 11.2. The molecular weight excluding hydrogens is 350 g/mol. The highest BCUT2D eigenvalue weighted by atomic mass is 16.1. The number of pyridine rings is 1. The first-order chi connectivity index (χ1) is 13.6. The summed E-state index contributed by atoms with van der Waals surface area (Å²) in [5.41, 5.74) is 3.76. The van der Waals surface area contributed by atoms with E-state index in [0.29, 0.717) is 12.2 Å². The number of carbonyl (C=O) groups is 1. The Kier molecular flexibility index (Phi) is 4.95. The minimum atomic E-state index is -0.161. The average Bonchev–Trinajstić information content (AvgIpc) is 3.34. The standard InChI is InChI=1S/C22H23N5O/c1-25(2)15-13-23-22(28)20-12-14-27(24-20)21-11-10-19-9-8-18(16-26(19)21)17-6-4-3-5-7-17/h3-12,14,16H,13,15H2,1-2H3,(H,23,28). The highest BCUT2D eigenvalue weighted by Crippen LogP contribution is 2.22. The summed E-state index contributed by atoms with van der Waals surface area (Å²) in [5, 5.41) is 7.37. The molecule has 0 aliphatic rings. The summed E-state index contributed by atoms with van der Waals surface area (Å²) in [6.45, 7) is 1.38. The molecule has 0 aliphatic carbocycles. The van der Waals surface area contributed by atoms with Crippen LogP contribution >= 0.6 is 0 Å². The van der Waals surface area contributed by atoms with Crippen molar-refractivity contribution in [3.8, 4) is 16.9 Å². The molecule has 0 unspecified atom stereocenters. The molecule has 0 atom stereocenters. The van der Waals surface area contributed by atoms with Gasteiger partial charge in [-0.15, -0.1) is 0 Å². The SMILES string of the molecule is CN(C)CCNC(=O)c1ccn(-c2ccc3ccc(-c4ccccc4)cn23)n1. The molecule has 4 aromatic rings. The van der Waals surface area contributed by atoms with Crippen molar-refractivity contribution >= 4 is 11.4 Å². The first-order valence-corrected chi connectivity index (χ1v) is 9.27. The number of likely N-dealkylation sites (N-methyl/N-ethyl adjacent to an activating group) is 1. The van der Waals surface area contributed by atoms with Crippen LogP contribution in [-0.2, 0) is 0 Å². The molecule has 1 aromatic carbocycles. The Balaban J connectivity index is 1.61. The van der Waals surface area contributed by atoms with Gasteiger partial charge in [-0.05, 0) is 49.5 Å². The maximum atomic E-state index is 12.3. The molecule has 6 nitrogen and oxygen atoms in total. The third-order valence-corrected chi connectivity index (χ3v) is 4.64. The minimum Gasteiger partial charge on any atom is -0.349 e. The topological polar surface area (TPSA) is 54.6 Å². The van der Waals surface area contributed by atoms with Gasteiger partial charge < -0.3 is 14.6 Å². The fourth-order valence-electron chi connectivity index (χ4n) is 3.13. The molecule has 0 fully saturated rings. The van der Waals surface area contributed by atoms with Gasteiger partial charge in [0, 0.05) is 31.0 Å². The van der Waals surface area contributed by atoms with Crippen LogP contribution in [0.4, 0.5) is 0 Å². The molecule has 6 heteroatoms. The van der Waals surface area contributed by atoms with E-state index in [1.54, 1.807) is 10.7 Å². The van der Waals surface area contributed by atoms with Gasteiger partial charge in [-0.25, -0.2) is 4.68 Å². The largest absolute Gasteiger partial charge is 0.349 e. The van der Waals surface area contributed by atoms with Crippen molar-refractivity contribution in [1.82, 2.24) is 24.4 Å². The molecule has 4 rings (SSSR count). The number of aromatic nitrogens is 3. The molecule has 0 aliphatic heterocycles. The Hall–Kier alpha value is -3.38. The lowest BCUT2D eigenvalue weighted by Crippen LogP contribution is -2.31. The summed E-state index contributed by atoms with van der Waals surface area (Å²) >= 11 is 0. The second kappa shape index (κ2) is 7.70. The molecule has 142 valence electrons. The number of nitrogens with zero attached hydrogens (tertiary/aromatic N) is 4. The van der Waals surface area contributed by atoms with Gasteiger partial charge in [0.05, 0.1) is 0 Å². The summed E-state index contributed by atoms with van der Waals surface area (Å²) < 4.78 is 3.83. The van der Waals surface area contributed by atoms with Gasteiger partial charge in [-0.1, -0.05) is 36.4 Å². The summed E-state index contributed by atoms with van der Waals surface area (Å²) in [4.78, 5) is 14.3. The molecule has 3 aromatic heterocycles. The van der Waals surface area contributed by atoms with E-state index < -0.39 is 0 Å². The number of carbonyl (C=O) groups excluding carboxylic acids is 1. The summed E-state index contributed by atoms with van der Waals surface area (Å²) in [5.74, 6) is 0.728. The molecule has 0 radical (unpaired) electrons. The molecule has 1 amide bonds. The average molecular weight is 373 g/mol. The number of fused-ring (bicyclic) bond motifs is 1. The Labute approximate surface area is 164 Å². The molecular formula is C22H23N5O. The maximum absolute atomic E-state index is 12.3. The van der Waals surface area contributed by atoms with Gasteiger partial charge in [0.25, 0.3) is 5.91 Å². The molecule has 0 saturated carbocycles. The first kappa shape index (κ1) is 18.0. The lowest BCUT2D eigenvalue weighted by molar-refractivity contribution is 0.0945. The van der Waals surface area contributed by atoms with Crippen LogP contribution in [0.15, 0.2) is 73.1 Å². The van der Waals surface area contributed by atoms with Crippen molar-refractivity contribution < 1.29 is 4.79 Å². The van der Waals surface area contributed by atoms with Crippen LogP contribution in [-0.4, -0.2) is 52.2 Å². The van der Waals surface area contributed by atoms with E-state index in [-0.39, 0.29) is 5.91 Å². The molecule has 28 heavy (non-hydrogen) atoms. The van der Waals surface area contributed by atoms with Crippen LogP contribution in [0.3, 0.4) is 0 Å². The minimum absolute atomic E-state index is 0.161. The van der Waals surface area contributed by atoms with E-state index >= 15 is 0 Å². The highest BCUT2D eigenvalue weighted by Gasteiger charge is 2.12. The number of benzene rings is 1. The van der Waals surface area contributed by atoms with E-state index in [9.17, 15) is 4.79 Å². The van der Waals surface area contributed by atoms with Crippen LogP contribution in [0.2, 0.25) is 0 Å². The van der Waals surface area contributed by atoms with Crippen molar-refractivity contribution in [2.45, 2.75) is 0 Å². The van der Waals surface area contributed by atoms with Crippen molar-refractivity contribution in [2.24, 2.45) is 0 Å². The second-order valence-corrected chi connectivity index (χ2v) is 6.97. The maximum Gasteiger partial charge on any atom is 0.271 e. The van der Waals surface area contributed by atoms with E-state index in [1.807, 2.05) is 55.5 Å². The van der Waals surface area contributed by atoms with E-state index in [1.165, 1.54) is 0 Å². The van der Waals surface area contributed by atoms with Crippen molar-refractivity contribution in [2.75, 3.05) is 27.2 Å². The van der Waals surface area contributed by atoms with Crippen molar-refractivity contribution in [3.63, 3.8) is 0 Å². The summed E-state index contributed by atoms with van der Waals surface area (Å²) in [6, 6.07) is 20.3. The third-order valence-electron chi connectivity index (χ3n) is 4.64. The van der Waals surface area contributed by atoms with Crippen LogP contribution in [0.5, 0.6) is 0 Å². The lowest BCUT2D eigenvalue weighted by Gasteiger charge is -2.09. The molecule has 0 bridgehead atoms. The van der Waals surface area contributed by atoms with Gasteiger partial charge in [0.15, 0.2) is 5.69 Å². The molecule has 0 saturated heterocycles. The lowest BCUT2D eigenvalue weighted by atomic mass is 10.1. The van der Waals surface area contributed by atoms with Gasteiger partial charge >= 0.3 is 0 Å². The fraction of sp³-hybridized carbons (Fsp3) is 0.182. The third kappa shape index (κ3) is 3.68. The van der Waals surface area contributed by atoms with Crippen LogP contribution in [0.25, 0.3) is 22.5 Å². The smallest absolute Gasteiger partial charge is 0.271 e. The van der Waals surface area contributed by atoms with Crippen LogP contribution in [0, 0.1) is 0 Å². The van der Waals surface area contributed by atoms with E-state index in [4.69, 9.17) is 0 Å². The Morgan fingerprint density at radius 1 is 1.00 bits per heavy atom. The fourth-order valence-corrected chi connectivity index (χ4v) is 3.13. The predicted octanol–water partition coefficient (Wildman–Crippen LogP) is 3.08. The van der Waals surface area contributed by atoms with Gasteiger partial charge in [-0.3, -0.25) is 4.79 Å². The molecule has 0 spiro atoms. The summed E-state index contributed by atoms with van der Waals surface area (Å²) in [6.07, 6.45) is 3.91. The zero-order valence-corrected chi connectivity index (χ0v) is 16.0. The van der Waals surface area contributed by atoms with Gasteiger partial charge in [-0.2, -0.15) is 5.10 Å². The van der Waals surface area contributed by atoms with Crippen molar-refractivity contribution in [3.05, 3.63) is 78.8 Å². The van der Waals surface area contributed by atoms with E-state index in [0.717, 1.165) is 29.0 Å². The predicted molar refractivity (Wildman–Crippen MR) is 111 cm³/mol. The Morgan fingerprint density at radius 3 is 2.57 bits per heavy atom. The summed E-state index contributed by atoms with van der Waals surface area (Å²) in [7, 11) is 3.95.